The zero-order chi connectivity index (χ0) is 16.8. The molecule has 0 radical (unpaired) electrons. The molecule has 4 heteroatoms. The lowest BCUT2D eigenvalue weighted by Gasteiger charge is -2.14. The Balaban J connectivity index is 2.07. The first kappa shape index (κ1) is 17.0. The molecule has 4 nitrogen and oxygen atoms in total. The van der Waals surface area contributed by atoms with Crippen LogP contribution in [0.2, 0.25) is 0 Å². The van der Waals surface area contributed by atoms with E-state index in [1.807, 2.05) is 32.0 Å². The molecule has 0 aliphatic carbocycles. The molecule has 0 fully saturated rings. The summed E-state index contributed by atoms with van der Waals surface area (Å²) in [6.45, 7) is 8.20. The number of aromatic nitrogens is 1. The van der Waals surface area contributed by atoms with E-state index in [1.165, 1.54) is 11.1 Å². The third-order valence-corrected chi connectivity index (χ3v) is 4.12. The smallest absolute Gasteiger partial charge is 0.227 e. The van der Waals surface area contributed by atoms with Crippen molar-refractivity contribution in [3.8, 4) is 0 Å². The zero-order valence-electron chi connectivity index (χ0n) is 14.3. The SMILES string of the molecule is CCC(CC)C(=O)Nc1ccc(Nc2c(C)cccc2C)nc1. The number of amides is 1. The first-order valence-electron chi connectivity index (χ1n) is 8.15. The lowest BCUT2D eigenvalue weighted by molar-refractivity contribution is -0.120. The highest BCUT2D eigenvalue weighted by atomic mass is 16.1. The number of pyridine rings is 1. The molecule has 2 N–H and O–H groups in total. The Hall–Kier alpha value is -2.36. The van der Waals surface area contributed by atoms with E-state index in [0.29, 0.717) is 0 Å². The van der Waals surface area contributed by atoms with Gasteiger partial charge in [0.1, 0.15) is 5.82 Å². The normalized spacial score (nSPS) is 10.7. The van der Waals surface area contributed by atoms with Crippen molar-refractivity contribution in [2.45, 2.75) is 40.5 Å². The highest BCUT2D eigenvalue weighted by Crippen LogP contribution is 2.23. The summed E-state index contributed by atoms with van der Waals surface area (Å²) in [5, 5.41) is 6.27. The van der Waals surface area contributed by atoms with Gasteiger partial charge >= 0.3 is 0 Å². The van der Waals surface area contributed by atoms with Crippen molar-refractivity contribution in [2.24, 2.45) is 5.92 Å². The average Bonchev–Trinajstić information content (AvgIpc) is 2.54. The van der Waals surface area contributed by atoms with Gasteiger partial charge in [-0.1, -0.05) is 32.0 Å². The number of para-hydroxylation sites is 1. The molecule has 0 saturated carbocycles. The van der Waals surface area contributed by atoms with Gasteiger partial charge in [0, 0.05) is 11.6 Å². The third-order valence-electron chi connectivity index (χ3n) is 4.12. The molecule has 1 aromatic heterocycles. The highest BCUT2D eigenvalue weighted by molar-refractivity contribution is 5.92. The molecular weight excluding hydrogens is 286 g/mol. The van der Waals surface area contributed by atoms with Gasteiger partial charge in [0.25, 0.3) is 0 Å². The van der Waals surface area contributed by atoms with Crippen molar-refractivity contribution in [3.05, 3.63) is 47.7 Å². The summed E-state index contributed by atoms with van der Waals surface area (Å²) in [6.07, 6.45) is 3.39. The summed E-state index contributed by atoms with van der Waals surface area (Å²) in [6, 6.07) is 9.94. The summed E-state index contributed by atoms with van der Waals surface area (Å²) in [4.78, 5) is 16.5. The quantitative estimate of drug-likeness (QED) is 0.804. The van der Waals surface area contributed by atoms with Gasteiger partial charge in [0.15, 0.2) is 0 Å². The van der Waals surface area contributed by atoms with Crippen molar-refractivity contribution in [1.29, 1.82) is 0 Å². The molecule has 0 saturated heterocycles. The Labute approximate surface area is 138 Å². The number of nitrogens with zero attached hydrogens (tertiary/aromatic N) is 1. The lowest BCUT2D eigenvalue weighted by atomic mass is 10.0. The first-order valence-corrected chi connectivity index (χ1v) is 8.15. The molecule has 1 amide bonds. The summed E-state index contributed by atoms with van der Waals surface area (Å²) in [7, 11) is 0. The van der Waals surface area contributed by atoms with Crippen LogP contribution in [0.15, 0.2) is 36.5 Å². The van der Waals surface area contributed by atoms with Crippen molar-refractivity contribution < 1.29 is 4.79 Å². The maximum Gasteiger partial charge on any atom is 0.227 e. The van der Waals surface area contributed by atoms with Crippen LogP contribution < -0.4 is 10.6 Å². The molecule has 0 aliphatic rings. The Morgan fingerprint density at radius 1 is 1.09 bits per heavy atom. The molecule has 0 aliphatic heterocycles. The first-order chi connectivity index (χ1) is 11.0. The van der Waals surface area contributed by atoms with E-state index in [2.05, 4.69) is 41.6 Å². The standard InChI is InChI=1S/C19H25N3O/c1-5-15(6-2)19(23)21-16-10-11-17(20-12-16)22-18-13(3)8-7-9-14(18)4/h7-12,15H,5-6H2,1-4H3,(H,20,22)(H,21,23). The van der Waals surface area contributed by atoms with Gasteiger partial charge < -0.3 is 10.6 Å². The highest BCUT2D eigenvalue weighted by Gasteiger charge is 2.14. The van der Waals surface area contributed by atoms with Gasteiger partial charge in [-0.3, -0.25) is 4.79 Å². The van der Waals surface area contributed by atoms with Gasteiger partial charge in [-0.25, -0.2) is 4.98 Å². The average molecular weight is 311 g/mol. The Morgan fingerprint density at radius 2 is 1.74 bits per heavy atom. The van der Waals surface area contributed by atoms with E-state index in [4.69, 9.17) is 0 Å². The number of anilines is 3. The molecule has 1 aromatic carbocycles. The molecule has 2 rings (SSSR count). The monoisotopic (exact) mass is 311 g/mol. The molecular formula is C19H25N3O. The minimum atomic E-state index is 0.0578. The predicted molar refractivity (Wildman–Crippen MR) is 96.1 cm³/mol. The molecule has 0 atom stereocenters. The number of nitrogens with one attached hydrogen (secondary N) is 2. The molecule has 2 aromatic rings. The summed E-state index contributed by atoms with van der Waals surface area (Å²) < 4.78 is 0. The number of rotatable bonds is 6. The third kappa shape index (κ3) is 4.31. The van der Waals surface area contributed by atoms with E-state index >= 15 is 0 Å². The van der Waals surface area contributed by atoms with Crippen molar-refractivity contribution in [2.75, 3.05) is 10.6 Å². The Morgan fingerprint density at radius 3 is 2.26 bits per heavy atom. The van der Waals surface area contributed by atoms with E-state index in [0.717, 1.165) is 30.0 Å². The summed E-state index contributed by atoms with van der Waals surface area (Å²) >= 11 is 0. The molecule has 23 heavy (non-hydrogen) atoms. The van der Waals surface area contributed by atoms with E-state index < -0.39 is 0 Å². The fourth-order valence-corrected chi connectivity index (χ4v) is 2.59. The minimum absolute atomic E-state index is 0.0578. The number of carbonyl (C=O) groups is 1. The van der Waals surface area contributed by atoms with Crippen molar-refractivity contribution in [1.82, 2.24) is 4.98 Å². The summed E-state index contributed by atoms with van der Waals surface area (Å²) in [5.74, 6) is 0.887. The fraction of sp³-hybridized carbons (Fsp3) is 0.368. The number of hydrogen-bond acceptors (Lipinski definition) is 3. The van der Waals surface area contributed by atoms with Gasteiger partial charge in [0.05, 0.1) is 11.9 Å². The van der Waals surface area contributed by atoms with Crippen LogP contribution in [0, 0.1) is 19.8 Å². The number of aryl methyl sites for hydroxylation is 2. The maximum atomic E-state index is 12.1. The minimum Gasteiger partial charge on any atom is -0.340 e. The second kappa shape index (κ2) is 7.77. The molecule has 0 bridgehead atoms. The second-order valence-corrected chi connectivity index (χ2v) is 5.83. The maximum absolute atomic E-state index is 12.1. The van der Waals surface area contributed by atoms with Gasteiger partial charge in [-0.15, -0.1) is 0 Å². The van der Waals surface area contributed by atoms with Crippen LogP contribution in [0.4, 0.5) is 17.2 Å². The van der Waals surface area contributed by atoms with Crippen molar-refractivity contribution in [3.63, 3.8) is 0 Å². The molecule has 1 heterocycles. The largest absolute Gasteiger partial charge is 0.340 e. The van der Waals surface area contributed by atoms with E-state index in [-0.39, 0.29) is 11.8 Å². The fourth-order valence-electron chi connectivity index (χ4n) is 2.59. The predicted octanol–water partition coefficient (Wildman–Crippen LogP) is 4.82. The lowest BCUT2D eigenvalue weighted by Crippen LogP contribution is -2.21. The zero-order valence-corrected chi connectivity index (χ0v) is 14.3. The molecule has 0 unspecified atom stereocenters. The van der Waals surface area contributed by atoms with Crippen LogP contribution in [-0.2, 0) is 4.79 Å². The Kier molecular flexibility index (Phi) is 5.74. The summed E-state index contributed by atoms with van der Waals surface area (Å²) in [5.41, 5.74) is 4.17. The molecule has 0 spiro atoms. The second-order valence-electron chi connectivity index (χ2n) is 5.83. The number of carbonyl (C=O) groups excluding carboxylic acids is 1. The van der Waals surface area contributed by atoms with Crippen LogP contribution in [0.5, 0.6) is 0 Å². The Bertz CT molecular complexity index is 641. The van der Waals surface area contributed by atoms with Crippen LogP contribution in [0.3, 0.4) is 0 Å². The van der Waals surface area contributed by atoms with Gasteiger partial charge in [-0.05, 0) is 49.9 Å². The van der Waals surface area contributed by atoms with Crippen LogP contribution in [-0.4, -0.2) is 10.9 Å². The van der Waals surface area contributed by atoms with Crippen LogP contribution in [0.25, 0.3) is 0 Å². The number of benzene rings is 1. The molecule has 122 valence electrons. The van der Waals surface area contributed by atoms with Crippen LogP contribution in [0.1, 0.15) is 37.8 Å². The van der Waals surface area contributed by atoms with Gasteiger partial charge in [-0.2, -0.15) is 0 Å². The number of hydrogen-bond donors (Lipinski definition) is 2. The van der Waals surface area contributed by atoms with E-state index in [1.54, 1.807) is 6.20 Å². The van der Waals surface area contributed by atoms with Gasteiger partial charge in [0.2, 0.25) is 5.91 Å². The topological polar surface area (TPSA) is 54.0 Å². The van der Waals surface area contributed by atoms with Crippen molar-refractivity contribution >= 4 is 23.1 Å². The van der Waals surface area contributed by atoms with Crippen LogP contribution >= 0.6 is 0 Å². The van der Waals surface area contributed by atoms with E-state index in [9.17, 15) is 4.79 Å².